The molecular weight excluding hydrogens is 218 g/mol. The molecule has 0 radical (unpaired) electrons. The summed E-state index contributed by atoms with van der Waals surface area (Å²) in [6.07, 6.45) is 1.52. The highest BCUT2D eigenvalue weighted by Crippen LogP contribution is 2.25. The lowest BCUT2D eigenvalue weighted by molar-refractivity contribution is -0.135. The molecule has 0 saturated carbocycles. The zero-order valence-corrected chi connectivity index (χ0v) is 10.1. The van der Waals surface area contributed by atoms with Crippen LogP contribution < -0.4 is 4.90 Å². The third kappa shape index (κ3) is 3.18. The molecule has 1 N–H and O–H groups in total. The topological polar surface area (TPSA) is 77.2 Å². The smallest absolute Gasteiger partial charge is 0.323 e. The molecule has 1 aromatic heterocycles. The van der Waals surface area contributed by atoms with Crippen molar-refractivity contribution in [2.45, 2.75) is 26.3 Å². The van der Waals surface area contributed by atoms with Crippen molar-refractivity contribution in [2.24, 2.45) is 0 Å². The average molecular weight is 233 g/mol. The summed E-state index contributed by atoms with van der Waals surface area (Å²) in [5, 5.41) is 17.9. The van der Waals surface area contributed by atoms with E-state index in [-0.39, 0.29) is 12.2 Å². The number of pyridine rings is 1. The number of carboxylic acids is 1. The molecule has 1 heterocycles. The van der Waals surface area contributed by atoms with Crippen molar-refractivity contribution in [2.75, 3.05) is 11.4 Å². The van der Waals surface area contributed by atoms with Crippen LogP contribution in [0.4, 0.5) is 5.69 Å². The summed E-state index contributed by atoms with van der Waals surface area (Å²) in [5.41, 5.74) is 0.390. The number of nitriles is 1. The van der Waals surface area contributed by atoms with Crippen LogP contribution in [0, 0.1) is 11.3 Å². The maximum absolute atomic E-state index is 10.9. The molecule has 0 aliphatic carbocycles. The maximum atomic E-state index is 10.9. The van der Waals surface area contributed by atoms with Crippen LogP contribution in [0.5, 0.6) is 0 Å². The van der Waals surface area contributed by atoms with E-state index in [0.717, 1.165) is 0 Å². The first kappa shape index (κ1) is 13.0. The van der Waals surface area contributed by atoms with Crippen molar-refractivity contribution in [1.82, 2.24) is 4.98 Å². The number of hydrogen-bond acceptors (Lipinski definition) is 4. The molecule has 0 atom stereocenters. The second kappa shape index (κ2) is 4.83. The first-order valence-corrected chi connectivity index (χ1v) is 5.21. The van der Waals surface area contributed by atoms with Gasteiger partial charge in [-0.1, -0.05) is 0 Å². The summed E-state index contributed by atoms with van der Waals surface area (Å²) in [6, 6.07) is 5.37. The fourth-order valence-electron chi connectivity index (χ4n) is 1.52. The van der Waals surface area contributed by atoms with Gasteiger partial charge in [0, 0.05) is 11.7 Å². The number of rotatable bonds is 3. The van der Waals surface area contributed by atoms with Gasteiger partial charge in [0.05, 0.1) is 5.69 Å². The van der Waals surface area contributed by atoms with E-state index < -0.39 is 11.5 Å². The summed E-state index contributed by atoms with van der Waals surface area (Å²) in [6.45, 7) is 5.52. The van der Waals surface area contributed by atoms with Crippen molar-refractivity contribution in [3.05, 3.63) is 24.0 Å². The van der Waals surface area contributed by atoms with Gasteiger partial charge in [0.15, 0.2) is 5.69 Å². The van der Waals surface area contributed by atoms with E-state index in [2.05, 4.69) is 4.98 Å². The molecule has 17 heavy (non-hydrogen) atoms. The molecule has 0 aliphatic heterocycles. The Kier molecular flexibility index (Phi) is 3.69. The largest absolute Gasteiger partial charge is 0.480 e. The number of hydrogen-bond donors (Lipinski definition) is 1. The van der Waals surface area contributed by atoms with Gasteiger partial charge in [0.1, 0.15) is 12.6 Å². The molecule has 0 aliphatic rings. The number of nitrogens with zero attached hydrogens (tertiary/aromatic N) is 3. The average Bonchev–Trinajstić information content (AvgIpc) is 2.24. The van der Waals surface area contributed by atoms with Crippen molar-refractivity contribution in [3.8, 4) is 6.07 Å². The van der Waals surface area contributed by atoms with Crippen molar-refractivity contribution in [1.29, 1.82) is 5.26 Å². The molecule has 5 nitrogen and oxygen atoms in total. The Balaban J connectivity index is 3.23. The highest BCUT2D eigenvalue weighted by Gasteiger charge is 2.26. The second-order valence-corrected chi connectivity index (χ2v) is 4.63. The maximum Gasteiger partial charge on any atom is 0.323 e. The molecule has 0 unspecified atom stereocenters. The Morgan fingerprint density at radius 2 is 2.24 bits per heavy atom. The van der Waals surface area contributed by atoms with Gasteiger partial charge in [-0.05, 0) is 32.9 Å². The Morgan fingerprint density at radius 1 is 1.59 bits per heavy atom. The monoisotopic (exact) mass is 233 g/mol. The summed E-state index contributed by atoms with van der Waals surface area (Å²) in [4.78, 5) is 16.5. The van der Waals surface area contributed by atoms with E-state index in [4.69, 9.17) is 10.4 Å². The van der Waals surface area contributed by atoms with Gasteiger partial charge in [-0.15, -0.1) is 0 Å². The zero-order chi connectivity index (χ0) is 13.1. The number of aromatic nitrogens is 1. The molecule has 1 rings (SSSR count). The predicted molar refractivity (Wildman–Crippen MR) is 63.7 cm³/mol. The standard InChI is InChI=1S/C12H15N3O2/c1-12(2,3)15(8-11(16)17)10-5-4-6-14-9(10)7-13/h4-6H,8H2,1-3H3,(H,16,17). The van der Waals surface area contributed by atoms with E-state index in [1.807, 2.05) is 26.8 Å². The summed E-state index contributed by atoms with van der Waals surface area (Å²) in [5.74, 6) is -0.937. The zero-order valence-electron chi connectivity index (χ0n) is 10.1. The number of anilines is 1. The third-order valence-corrected chi connectivity index (χ3v) is 2.29. The SMILES string of the molecule is CC(C)(C)N(CC(=O)O)c1cccnc1C#N. The van der Waals surface area contributed by atoms with Crippen LogP contribution in [0.15, 0.2) is 18.3 Å². The quantitative estimate of drug-likeness (QED) is 0.858. The first-order chi connectivity index (χ1) is 7.86. The van der Waals surface area contributed by atoms with E-state index in [1.165, 1.54) is 6.20 Å². The van der Waals surface area contributed by atoms with Crippen LogP contribution >= 0.6 is 0 Å². The first-order valence-electron chi connectivity index (χ1n) is 5.21. The van der Waals surface area contributed by atoms with Gasteiger partial charge < -0.3 is 10.0 Å². The number of carbonyl (C=O) groups is 1. The Morgan fingerprint density at radius 3 is 2.71 bits per heavy atom. The van der Waals surface area contributed by atoms with Crippen molar-refractivity contribution < 1.29 is 9.90 Å². The van der Waals surface area contributed by atoms with Gasteiger partial charge in [-0.2, -0.15) is 5.26 Å². The van der Waals surface area contributed by atoms with E-state index in [1.54, 1.807) is 17.0 Å². The van der Waals surface area contributed by atoms with Gasteiger partial charge in [-0.25, -0.2) is 4.98 Å². The third-order valence-electron chi connectivity index (χ3n) is 2.29. The molecule has 0 amide bonds. The highest BCUT2D eigenvalue weighted by molar-refractivity contribution is 5.75. The molecule has 0 bridgehead atoms. The van der Waals surface area contributed by atoms with Gasteiger partial charge >= 0.3 is 5.97 Å². The molecule has 0 saturated heterocycles. The fourth-order valence-corrected chi connectivity index (χ4v) is 1.52. The van der Waals surface area contributed by atoms with Crippen LogP contribution in [-0.4, -0.2) is 28.1 Å². The Hall–Kier alpha value is -2.09. The lowest BCUT2D eigenvalue weighted by atomic mass is 10.0. The van der Waals surface area contributed by atoms with Gasteiger partial charge in [-0.3, -0.25) is 4.79 Å². The Labute approximate surface area is 100 Å². The summed E-state index contributed by atoms with van der Waals surface area (Å²) in [7, 11) is 0. The minimum Gasteiger partial charge on any atom is -0.480 e. The predicted octanol–water partition coefficient (Wildman–Crippen LogP) is 1.64. The highest BCUT2D eigenvalue weighted by atomic mass is 16.4. The Bertz CT molecular complexity index is 458. The molecule has 0 fully saturated rings. The lowest BCUT2D eigenvalue weighted by Gasteiger charge is -2.36. The normalized spacial score (nSPS) is 10.7. The van der Waals surface area contributed by atoms with Crippen LogP contribution in [0.2, 0.25) is 0 Å². The molecule has 5 heteroatoms. The van der Waals surface area contributed by atoms with E-state index in [0.29, 0.717) is 5.69 Å². The molecule has 1 aromatic rings. The van der Waals surface area contributed by atoms with E-state index >= 15 is 0 Å². The lowest BCUT2D eigenvalue weighted by Crippen LogP contribution is -2.45. The van der Waals surface area contributed by atoms with Gasteiger partial charge in [0.2, 0.25) is 0 Å². The molecule has 0 spiro atoms. The van der Waals surface area contributed by atoms with Gasteiger partial charge in [0.25, 0.3) is 0 Å². The van der Waals surface area contributed by atoms with Crippen LogP contribution in [0.3, 0.4) is 0 Å². The minimum atomic E-state index is -0.937. The summed E-state index contributed by atoms with van der Waals surface area (Å²) < 4.78 is 0. The summed E-state index contributed by atoms with van der Waals surface area (Å²) >= 11 is 0. The van der Waals surface area contributed by atoms with Crippen LogP contribution in [0.25, 0.3) is 0 Å². The van der Waals surface area contributed by atoms with Crippen LogP contribution in [-0.2, 0) is 4.79 Å². The number of aliphatic carboxylic acids is 1. The molecular formula is C12H15N3O2. The number of carboxylic acid groups (broad SMARTS) is 1. The van der Waals surface area contributed by atoms with Crippen LogP contribution in [0.1, 0.15) is 26.5 Å². The molecule has 0 aromatic carbocycles. The van der Waals surface area contributed by atoms with Crippen molar-refractivity contribution in [3.63, 3.8) is 0 Å². The van der Waals surface area contributed by atoms with Crippen molar-refractivity contribution >= 4 is 11.7 Å². The fraction of sp³-hybridized carbons (Fsp3) is 0.417. The second-order valence-electron chi connectivity index (χ2n) is 4.63. The minimum absolute atomic E-state index is 0.163. The van der Waals surface area contributed by atoms with E-state index in [9.17, 15) is 4.79 Å². The molecule has 90 valence electrons.